The molecule has 1 saturated heterocycles. The van der Waals surface area contributed by atoms with Crippen LogP contribution in [0.2, 0.25) is 0 Å². The minimum atomic E-state index is 0.0832. The highest BCUT2D eigenvalue weighted by atomic mass is 16.3. The number of rotatable bonds is 2. The summed E-state index contributed by atoms with van der Waals surface area (Å²) in [6.45, 7) is 6.48. The quantitative estimate of drug-likeness (QED) is 0.825. The predicted molar refractivity (Wildman–Crippen MR) is 64.5 cm³/mol. The first-order chi connectivity index (χ1) is 7.63. The Kier molecular flexibility index (Phi) is 3.19. The molecule has 0 aromatic carbocycles. The van der Waals surface area contributed by atoms with Gasteiger partial charge in [-0.15, -0.1) is 0 Å². The van der Waals surface area contributed by atoms with Crippen molar-refractivity contribution >= 4 is 5.82 Å². The zero-order valence-corrected chi connectivity index (χ0v) is 10.4. The molecule has 1 atom stereocenters. The lowest BCUT2D eigenvalue weighted by Gasteiger charge is -2.33. The van der Waals surface area contributed by atoms with Crippen molar-refractivity contribution in [2.24, 2.45) is 13.0 Å². The lowest BCUT2D eigenvalue weighted by Crippen LogP contribution is -2.36. The summed E-state index contributed by atoms with van der Waals surface area (Å²) in [4.78, 5) is 2.36. The van der Waals surface area contributed by atoms with Crippen molar-refractivity contribution < 1.29 is 5.11 Å². The highest BCUT2D eigenvalue weighted by Gasteiger charge is 2.23. The predicted octanol–water partition coefficient (Wildman–Crippen LogP) is 1.46. The fourth-order valence-corrected chi connectivity index (χ4v) is 2.65. The van der Waals surface area contributed by atoms with Crippen LogP contribution in [0.15, 0.2) is 0 Å². The van der Waals surface area contributed by atoms with Crippen molar-refractivity contribution in [2.75, 3.05) is 18.0 Å². The number of aromatic nitrogens is 2. The number of aliphatic hydroxyl groups is 1. The molecular formula is C12H21N3O. The van der Waals surface area contributed by atoms with Gasteiger partial charge in [-0.3, -0.25) is 4.68 Å². The first-order valence-corrected chi connectivity index (χ1v) is 6.01. The summed E-state index contributed by atoms with van der Waals surface area (Å²) in [6, 6.07) is 0. The summed E-state index contributed by atoms with van der Waals surface area (Å²) >= 11 is 0. The molecule has 0 spiro atoms. The van der Waals surface area contributed by atoms with E-state index < -0.39 is 0 Å². The van der Waals surface area contributed by atoms with Crippen molar-refractivity contribution in [2.45, 2.75) is 33.3 Å². The molecule has 4 nitrogen and oxygen atoms in total. The average molecular weight is 223 g/mol. The third kappa shape index (κ3) is 1.94. The Bertz CT molecular complexity index is 373. The molecule has 0 bridgehead atoms. The van der Waals surface area contributed by atoms with E-state index in [4.69, 9.17) is 0 Å². The van der Waals surface area contributed by atoms with Crippen molar-refractivity contribution in [1.29, 1.82) is 0 Å². The number of anilines is 1. The molecule has 0 amide bonds. The summed E-state index contributed by atoms with van der Waals surface area (Å²) in [6.07, 6.45) is 2.54. The second kappa shape index (κ2) is 4.45. The molecule has 1 N–H and O–H groups in total. The van der Waals surface area contributed by atoms with Gasteiger partial charge in [0, 0.05) is 25.7 Å². The second-order valence-corrected chi connectivity index (χ2v) is 4.86. The Balaban J connectivity index is 2.31. The van der Waals surface area contributed by atoms with Crippen LogP contribution in [0.3, 0.4) is 0 Å². The number of aryl methyl sites for hydroxylation is 2. The van der Waals surface area contributed by atoms with E-state index in [1.165, 1.54) is 12.8 Å². The van der Waals surface area contributed by atoms with Crippen LogP contribution in [0.1, 0.15) is 31.0 Å². The van der Waals surface area contributed by atoms with E-state index in [1.54, 1.807) is 0 Å². The van der Waals surface area contributed by atoms with Gasteiger partial charge in [0.25, 0.3) is 0 Å². The maximum Gasteiger partial charge on any atom is 0.132 e. The first kappa shape index (κ1) is 11.5. The molecule has 4 heteroatoms. The SMILES string of the molecule is Cc1nn(C)c(N2CCCC(C)C2)c1CO. The van der Waals surface area contributed by atoms with Gasteiger partial charge >= 0.3 is 0 Å². The maximum absolute atomic E-state index is 9.43. The van der Waals surface area contributed by atoms with Gasteiger partial charge in [0.1, 0.15) is 5.82 Å². The molecule has 1 unspecified atom stereocenters. The highest BCUT2D eigenvalue weighted by Crippen LogP contribution is 2.27. The topological polar surface area (TPSA) is 41.3 Å². The second-order valence-electron chi connectivity index (χ2n) is 4.86. The molecule has 1 aromatic heterocycles. The lowest BCUT2D eigenvalue weighted by molar-refractivity contribution is 0.280. The normalized spacial score (nSPS) is 21.5. The minimum absolute atomic E-state index is 0.0832. The van der Waals surface area contributed by atoms with E-state index in [-0.39, 0.29) is 6.61 Å². The van der Waals surface area contributed by atoms with Crippen LogP contribution in [0.25, 0.3) is 0 Å². The van der Waals surface area contributed by atoms with Crippen molar-refractivity contribution in [3.05, 3.63) is 11.3 Å². The molecule has 2 heterocycles. The zero-order chi connectivity index (χ0) is 11.7. The standard InChI is InChI=1S/C12H21N3O/c1-9-5-4-6-15(7-9)12-11(8-16)10(2)13-14(12)3/h9,16H,4-8H2,1-3H3. The smallest absolute Gasteiger partial charge is 0.132 e. The van der Waals surface area contributed by atoms with Gasteiger partial charge in [0.15, 0.2) is 0 Å². The van der Waals surface area contributed by atoms with E-state index in [0.29, 0.717) is 0 Å². The van der Waals surface area contributed by atoms with Gasteiger partial charge in [-0.1, -0.05) is 6.92 Å². The summed E-state index contributed by atoms with van der Waals surface area (Å²) in [5, 5.41) is 13.8. The van der Waals surface area contributed by atoms with Crippen molar-refractivity contribution in [3.8, 4) is 0 Å². The van der Waals surface area contributed by atoms with Crippen molar-refractivity contribution in [3.63, 3.8) is 0 Å². The first-order valence-electron chi connectivity index (χ1n) is 6.01. The number of nitrogens with zero attached hydrogens (tertiary/aromatic N) is 3. The molecule has 1 fully saturated rings. The van der Waals surface area contributed by atoms with Crippen LogP contribution in [0, 0.1) is 12.8 Å². The van der Waals surface area contributed by atoms with Crippen LogP contribution in [0.5, 0.6) is 0 Å². The number of hydrogen-bond acceptors (Lipinski definition) is 3. The maximum atomic E-state index is 9.43. The fraction of sp³-hybridized carbons (Fsp3) is 0.750. The number of aliphatic hydroxyl groups excluding tert-OH is 1. The summed E-state index contributed by atoms with van der Waals surface area (Å²) in [7, 11) is 1.96. The number of hydrogen-bond donors (Lipinski definition) is 1. The molecule has 0 radical (unpaired) electrons. The molecule has 1 aliphatic heterocycles. The summed E-state index contributed by atoms with van der Waals surface area (Å²) < 4.78 is 1.90. The summed E-state index contributed by atoms with van der Waals surface area (Å²) in [5.74, 6) is 1.84. The van der Waals surface area contributed by atoms with Crippen LogP contribution in [-0.2, 0) is 13.7 Å². The van der Waals surface area contributed by atoms with Gasteiger partial charge in [0.05, 0.1) is 12.3 Å². The third-order valence-corrected chi connectivity index (χ3v) is 3.43. The van der Waals surface area contributed by atoms with E-state index >= 15 is 0 Å². The van der Waals surface area contributed by atoms with Crippen LogP contribution in [-0.4, -0.2) is 28.0 Å². The Morgan fingerprint density at radius 1 is 1.50 bits per heavy atom. The molecule has 90 valence electrons. The molecule has 0 aliphatic carbocycles. The van der Waals surface area contributed by atoms with E-state index in [9.17, 15) is 5.11 Å². The van der Waals surface area contributed by atoms with Crippen molar-refractivity contribution in [1.82, 2.24) is 9.78 Å². The lowest BCUT2D eigenvalue weighted by atomic mass is 10.00. The van der Waals surface area contributed by atoms with Gasteiger partial charge in [0.2, 0.25) is 0 Å². The van der Waals surface area contributed by atoms with Crippen LogP contribution >= 0.6 is 0 Å². The van der Waals surface area contributed by atoms with Gasteiger partial charge in [-0.25, -0.2) is 0 Å². The average Bonchev–Trinajstić information content (AvgIpc) is 2.52. The van der Waals surface area contributed by atoms with E-state index in [0.717, 1.165) is 36.1 Å². The van der Waals surface area contributed by atoms with Gasteiger partial charge in [-0.2, -0.15) is 5.10 Å². The third-order valence-electron chi connectivity index (χ3n) is 3.43. The molecule has 0 saturated carbocycles. The molecule has 2 rings (SSSR count). The largest absolute Gasteiger partial charge is 0.391 e. The zero-order valence-electron chi connectivity index (χ0n) is 10.4. The summed E-state index contributed by atoms with van der Waals surface area (Å²) in [5.41, 5.74) is 1.93. The van der Waals surface area contributed by atoms with Crippen LogP contribution in [0.4, 0.5) is 5.82 Å². The van der Waals surface area contributed by atoms with Gasteiger partial charge in [-0.05, 0) is 25.7 Å². The van der Waals surface area contributed by atoms with E-state index in [1.807, 2.05) is 18.7 Å². The Labute approximate surface area is 96.9 Å². The number of piperidine rings is 1. The minimum Gasteiger partial charge on any atom is -0.391 e. The molecular weight excluding hydrogens is 202 g/mol. The Hall–Kier alpha value is -1.03. The Morgan fingerprint density at radius 2 is 2.25 bits per heavy atom. The van der Waals surface area contributed by atoms with E-state index in [2.05, 4.69) is 16.9 Å². The Morgan fingerprint density at radius 3 is 2.88 bits per heavy atom. The van der Waals surface area contributed by atoms with Gasteiger partial charge < -0.3 is 10.0 Å². The van der Waals surface area contributed by atoms with Crippen LogP contribution < -0.4 is 4.90 Å². The molecule has 16 heavy (non-hydrogen) atoms. The molecule has 1 aliphatic rings. The monoisotopic (exact) mass is 223 g/mol. The fourth-order valence-electron chi connectivity index (χ4n) is 2.65. The molecule has 1 aromatic rings. The highest BCUT2D eigenvalue weighted by molar-refractivity contribution is 5.50.